The lowest BCUT2D eigenvalue weighted by Gasteiger charge is -2.12. The molecule has 0 radical (unpaired) electrons. The molecular formula is C15H15F3N2O3S. The number of aromatic amines is 1. The Morgan fingerprint density at radius 1 is 1.38 bits per heavy atom. The van der Waals surface area contributed by atoms with Crippen molar-refractivity contribution in [3.05, 3.63) is 50.9 Å². The molecule has 0 aliphatic carbocycles. The molecule has 9 heteroatoms. The van der Waals surface area contributed by atoms with Gasteiger partial charge in [-0.15, -0.1) is 13.2 Å². The summed E-state index contributed by atoms with van der Waals surface area (Å²) in [6, 6.07) is 3.49. The van der Waals surface area contributed by atoms with E-state index < -0.39 is 23.5 Å². The number of hydrogen-bond donors (Lipinski definition) is 1. The molecule has 2 rings (SSSR count). The van der Waals surface area contributed by atoms with Gasteiger partial charge in [0.2, 0.25) is 5.78 Å². The lowest BCUT2D eigenvalue weighted by atomic mass is 9.99. The maximum absolute atomic E-state index is 12.7. The van der Waals surface area contributed by atoms with Crippen LogP contribution in [0.1, 0.15) is 27.2 Å². The number of nitrogens with one attached hydrogen (secondary N) is 1. The Labute approximate surface area is 139 Å². The van der Waals surface area contributed by atoms with Crippen molar-refractivity contribution < 1.29 is 22.7 Å². The van der Waals surface area contributed by atoms with Crippen LogP contribution in [0.5, 0.6) is 5.75 Å². The number of aryl methyl sites for hydroxylation is 2. The van der Waals surface area contributed by atoms with Gasteiger partial charge in [0.1, 0.15) is 11.3 Å². The number of H-pyrrole nitrogens is 1. The second-order valence-electron chi connectivity index (χ2n) is 5.10. The van der Waals surface area contributed by atoms with Gasteiger partial charge < -0.3 is 4.74 Å². The average molecular weight is 360 g/mol. The zero-order valence-corrected chi connectivity index (χ0v) is 14.0. The molecule has 0 saturated heterocycles. The van der Waals surface area contributed by atoms with E-state index >= 15 is 0 Å². The van der Waals surface area contributed by atoms with Crippen molar-refractivity contribution in [2.45, 2.75) is 19.0 Å². The highest BCUT2D eigenvalue weighted by atomic mass is 32.2. The van der Waals surface area contributed by atoms with Gasteiger partial charge in [0, 0.05) is 24.1 Å². The molecule has 0 unspecified atom stereocenters. The number of ketones is 1. The van der Waals surface area contributed by atoms with Gasteiger partial charge >= 0.3 is 6.36 Å². The number of hydrogen-bond acceptors (Lipinski definition) is 4. The van der Waals surface area contributed by atoms with Crippen LogP contribution in [0.3, 0.4) is 0 Å². The first-order valence-corrected chi connectivity index (χ1v) is 8.21. The molecule has 0 aliphatic heterocycles. The fraction of sp³-hybridized carbons (Fsp3) is 0.333. The second kappa shape index (κ2) is 6.76. The molecule has 1 N–H and O–H groups in total. The van der Waals surface area contributed by atoms with E-state index in [0.29, 0.717) is 17.0 Å². The van der Waals surface area contributed by atoms with Crippen molar-refractivity contribution in [3.8, 4) is 5.75 Å². The highest BCUT2D eigenvalue weighted by Gasteiger charge is 2.31. The largest absolute Gasteiger partial charge is 0.573 e. The third-order valence-electron chi connectivity index (χ3n) is 3.31. The molecule has 0 bridgehead atoms. The van der Waals surface area contributed by atoms with E-state index in [4.69, 9.17) is 0 Å². The number of alkyl halides is 3. The van der Waals surface area contributed by atoms with Crippen LogP contribution < -0.4 is 10.3 Å². The Morgan fingerprint density at radius 3 is 2.54 bits per heavy atom. The second-order valence-corrected chi connectivity index (χ2v) is 5.97. The summed E-state index contributed by atoms with van der Waals surface area (Å²) < 4.78 is 42.1. The Kier molecular flexibility index (Phi) is 5.12. The summed E-state index contributed by atoms with van der Waals surface area (Å²) in [7, 11) is 1.48. The van der Waals surface area contributed by atoms with Gasteiger partial charge in [0.05, 0.1) is 0 Å². The molecule has 130 valence electrons. The fourth-order valence-electron chi connectivity index (χ4n) is 2.35. The van der Waals surface area contributed by atoms with Crippen molar-refractivity contribution in [1.82, 2.24) is 9.78 Å². The first kappa shape index (κ1) is 18.2. The number of aromatic nitrogens is 2. The Morgan fingerprint density at radius 2 is 2.04 bits per heavy atom. The van der Waals surface area contributed by atoms with Crippen LogP contribution in [0, 0.1) is 6.92 Å². The highest BCUT2D eigenvalue weighted by Crippen LogP contribution is 2.28. The van der Waals surface area contributed by atoms with Crippen LogP contribution in [-0.4, -0.2) is 28.2 Å². The van der Waals surface area contributed by atoms with Crippen LogP contribution in [0.25, 0.3) is 0 Å². The van der Waals surface area contributed by atoms with E-state index in [1.54, 1.807) is 13.2 Å². The summed E-state index contributed by atoms with van der Waals surface area (Å²) in [5.74, 6) is -0.626. The van der Waals surface area contributed by atoms with E-state index in [9.17, 15) is 22.8 Å². The van der Waals surface area contributed by atoms with Gasteiger partial charge in [0.15, 0.2) is 0 Å². The van der Waals surface area contributed by atoms with Gasteiger partial charge in [-0.25, -0.2) is 0 Å². The van der Waals surface area contributed by atoms with Crippen LogP contribution in [0.15, 0.2) is 23.0 Å². The number of carbonyl (C=O) groups is 1. The predicted molar refractivity (Wildman–Crippen MR) is 84.5 cm³/mol. The monoisotopic (exact) mass is 360 g/mol. The number of thioether (sulfide) groups is 1. The predicted octanol–water partition coefficient (Wildman–Crippen LogP) is 3.01. The van der Waals surface area contributed by atoms with E-state index in [2.05, 4.69) is 9.84 Å². The minimum Gasteiger partial charge on any atom is -0.406 e. The van der Waals surface area contributed by atoms with Gasteiger partial charge in [0.25, 0.3) is 5.56 Å². The zero-order valence-electron chi connectivity index (χ0n) is 13.2. The number of rotatable bonds is 5. The molecule has 5 nitrogen and oxygen atoms in total. The lowest BCUT2D eigenvalue weighted by molar-refractivity contribution is -0.274. The van der Waals surface area contributed by atoms with Gasteiger partial charge in [-0.05, 0) is 36.9 Å². The molecule has 0 saturated carbocycles. The molecule has 0 spiro atoms. The maximum atomic E-state index is 12.7. The molecule has 24 heavy (non-hydrogen) atoms. The van der Waals surface area contributed by atoms with Crippen molar-refractivity contribution >= 4 is 17.5 Å². The van der Waals surface area contributed by atoms with E-state index in [1.807, 2.05) is 0 Å². The van der Waals surface area contributed by atoms with Crippen molar-refractivity contribution in [3.63, 3.8) is 0 Å². The number of halogens is 3. The van der Waals surface area contributed by atoms with E-state index in [1.165, 1.54) is 35.6 Å². The van der Waals surface area contributed by atoms with Crippen molar-refractivity contribution in [1.29, 1.82) is 0 Å². The molecule has 0 fully saturated rings. The summed E-state index contributed by atoms with van der Waals surface area (Å²) in [6.07, 6.45) is -3.05. The van der Waals surface area contributed by atoms with Crippen molar-refractivity contribution in [2.24, 2.45) is 7.05 Å². The Bertz CT molecular complexity index is 824. The SMILES string of the molecule is CSCc1cc(OC(F)(F)F)ccc1C(=O)c1c(C)[nH]n(C)c1=O. The van der Waals surface area contributed by atoms with Gasteiger partial charge in [-0.1, -0.05) is 0 Å². The quantitative estimate of drug-likeness (QED) is 0.833. The van der Waals surface area contributed by atoms with Gasteiger partial charge in [-0.2, -0.15) is 11.8 Å². The Hall–Kier alpha value is -2.16. The van der Waals surface area contributed by atoms with Crippen molar-refractivity contribution in [2.75, 3.05) is 6.26 Å². The third kappa shape index (κ3) is 3.84. The number of carbonyl (C=O) groups excluding carboxylic acids is 1. The summed E-state index contributed by atoms with van der Waals surface area (Å²) in [5.41, 5.74) is 0.446. The van der Waals surface area contributed by atoms with Crippen LogP contribution in [0.2, 0.25) is 0 Å². The summed E-state index contributed by atoms with van der Waals surface area (Å²) >= 11 is 1.34. The number of ether oxygens (including phenoxy) is 1. The molecular weight excluding hydrogens is 345 g/mol. The molecule has 0 aliphatic rings. The first-order valence-electron chi connectivity index (χ1n) is 6.82. The molecule has 1 heterocycles. The minimum absolute atomic E-state index is 0.0238. The summed E-state index contributed by atoms with van der Waals surface area (Å²) in [4.78, 5) is 24.7. The van der Waals surface area contributed by atoms with Crippen LogP contribution in [0.4, 0.5) is 13.2 Å². The fourth-order valence-corrected chi connectivity index (χ4v) is 2.90. The number of nitrogens with zero attached hydrogens (tertiary/aromatic N) is 1. The highest BCUT2D eigenvalue weighted by molar-refractivity contribution is 7.97. The molecule has 0 atom stereocenters. The first-order chi connectivity index (χ1) is 11.1. The zero-order chi connectivity index (χ0) is 18.1. The smallest absolute Gasteiger partial charge is 0.406 e. The molecule has 2 aromatic rings. The van der Waals surface area contributed by atoms with Crippen LogP contribution in [-0.2, 0) is 12.8 Å². The standard InChI is InChI=1S/C15H15F3N2O3S/c1-8-12(14(22)20(2)19-8)13(21)11-5-4-10(23-15(16,17)18)6-9(11)7-24-3/h4-6,19H,7H2,1-3H3. The normalized spacial score (nSPS) is 11.6. The third-order valence-corrected chi connectivity index (χ3v) is 3.91. The van der Waals surface area contributed by atoms with E-state index in [-0.39, 0.29) is 11.1 Å². The summed E-state index contributed by atoms with van der Waals surface area (Å²) in [6.45, 7) is 1.59. The topological polar surface area (TPSA) is 64.1 Å². The van der Waals surface area contributed by atoms with Gasteiger partial charge in [-0.3, -0.25) is 19.4 Å². The minimum atomic E-state index is -4.81. The maximum Gasteiger partial charge on any atom is 0.573 e. The van der Waals surface area contributed by atoms with Crippen LogP contribution >= 0.6 is 11.8 Å². The lowest BCUT2D eigenvalue weighted by Crippen LogP contribution is -2.21. The number of benzene rings is 1. The molecule has 1 aromatic carbocycles. The molecule has 1 aromatic heterocycles. The summed E-state index contributed by atoms with van der Waals surface area (Å²) in [5, 5.41) is 2.73. The van der Waals surface area contributed by atoms with E-state index in [0.717, 1.165) is 6.07 Å². The average Bonchev–Trinajstić information content (AvgIpc) is 2.70. The Balaban J connectivity index is 2.49. The molecule has 0 amide bonds.